The summed E-state index contributed by atoms with van der Waals surface area (Å²) in [5.74, 6) is 5.74. The summed E-state index contributed by atoms with van der Waals surface area (Å²) in [5, 5.41) is 5.58. The maximum absolute atomic E-state index is 5.74. The van der Waals surface area contributed by atoms with Gasteiger partial charge >= 0.3 is 0 Å². The van der Waals surface area contributed by atoms with Crippen LogP contribution in [0.5, 0.6) is 0 Å². The molecule has 0 aliphatic rings. The van der Waals surface area contributed by atoms with Crippen LogP contribution in [0.15, 0.2) is 42.7 Å². The summed E-state index contributed by atoms with van der Waals surface area (Å²) in [5.41, 5.74) is 4.13. The number of nitrogens with one attached hydrogen (secondary N) is 1. The van der Waals surface area contributed by atoms with Gasteiger partial charge in [-0.1, -0.05) is 18.2 Å². The molecule has 20 heavy (non-hydrogen) atoms. The molecule has 0 saturated carbocycles. The number of nitrogens with two attached hydrogens (primary N) is 1. The van der Waals surface area contributed by atoms with Gasteiger partial charge in [0.15, 0.2) is 0 Å². The first-order valence-electron chi connectivity index (χ1n) is 6.76. The molecule has 0 aliphatic carbocycles. The predicted octanol–water partition coefficient (Wildman–Crippen LogP) is 2.86. The van der Waals surface area contributed by atoms with Gasteiger partial charge in [-0.2, -0.15) is 5.10 Å². The fourth-order valence-corrected chi connectivity index (χ4v) is 3.46. The Hall–Kier alpha value is -1.69. The van der Waals surface area contributed by atoms with Crippen molar-refractivity contribution in [2.75, 3.05) is 0 Å². The molecule has 0 amide bonds. The lowest BCUT2D eigenvalue weighted by atomic mass is 10.1. The minimum absolute atomic E-state index is 0.127. The second-order valence-corrected chi connectivity index (χ2v) is 5.93. The van der Waals surface area contributed by atoms with E-state index in [1.165, 1.54) is 20.5 Å². The summed E-state index contributed by atoms with van der Waals surface area (Å²) in [7, 11) is 0. The lowest BCUT2D eigenvalue weighted by Gasteiger charge is -2.12. The Morgan fingerprint density at radius 3 is 2.95 bits per heavy atom. The molecule has 1 atom stereocenters. The zero-order chi connectivity index (χ0) is 13.9. The van der Waals surface area contributed by atoms with E-state index in [1.54, 1.807) is 11.3 Å². The summed E-state index contributed by atoms with van der Waals surface area (Å²) >= 11 is 1.79. The zero-order valence-electron chi connectivity index (χ0n) is 11.4. The third-order valence-electron chi connectivity index (χ3n) is 3.44. The second kappa shape index (κ2) is 5.75. The molecular weight excluding hydrogens is 268 g/mol. The Labute approximate surface area is 122 Å². The molecule has 0 spiro atoms. The molecule has 0 radical (unpaired) electrons. The molecule has 2 heterocycles. The molecule has 1 unspecified atom stereocenters. The summed E-state index contributed by atoms with van der Waals surface area (Å²) < 4.78 is 3.24. The van der Waals surface area contributed by atoms with Crippen molar-refractivity contribution in [3.63, 3.8) is 0 Å². The van der Waals surface area contributed by atoms with Crippen LogP contribution in [0, 0.1) is 0 Å². The molecule has 5 heteroatoms. The van der Waals surface area contributed by atoms with Gasteiger partial charge < -0.3 is 0 Å². The minimum Gasteiger partial charge on any atom is -0.273 e. The SMILES string of the molecule is CCn1cc(CC(NN)c2cc3ccccc3s2)cn1. The Kier molecular flexibility index (Phi) is 3.82. The van der Waals surface area contributed by atoms with Crippen LogP contribution in [-0.4, -0.2) is 9.78 Å². The van der Waals surface area contributed by atoms with Crippen molar-refractivity contribution in [3.05, 3.63) is 53.2 Å². The van der Waals surface area contributed by atoms with E-state index < -0.39 is 0 Å². The molecular formula is C15H18N4S. The highest BCUT2D eigenvalue weighted by Crippen LogP contribution is 2.31. The van der Waals surface area contributed by atoms with E-state index in [1.807, 2.05) is 10.9 Å². The Morgan fingerprint density at radius 2 is 2.25 bits per heavy atom. The maximum atomic E-state index is 5.74. The van der Waals surface area contributed by atoms with Crippen molar-refractivity contribution in [2.45, 2.75) is 25.9 Å². The lowest BCUT2D eigenvalue weighted by Crippen LogP contribution is -2.28. The van der Waals surface area contributed by atoms with Crippen molar-refractivity contribution in [1.82, 2.24) is 15.2 Å². The molecule has 0 fully saturated rings. The third kappa shape index (κ3) is 2.60. The molecule has 3 rings (SSSR count). The summed E-state index contributed by atoms with van der Waals surface area (Å²) in [4.78, 5) is 1.26. The highest BCUT2D eigenvalue weighted by Gasteiger charge is 2.14. The lowest BCUT2D eigenvalue weighted by molar-refractivity contribution is 0.560. The van der Waals surface area contributed by atoms with Crippen molar-refractivity contribution in [1.29, 1.82) is 0 Å². The number of nitrogens with zero attached hydrogens (tertiary/aromatic N) is 2. The molecule has 3 N–H and O–H groups in total. The Balaban J connectivity index is 1.85. The van der Waals surface area contributed by atoms with Crippen LogP contribution >= 0.6 is 11.3 Å². The number of hydrogen-bond donors (Lipinski definition) is 2. The van der Waals surface area contributed by atoms with Crippen LogP contribution in [0.3, 0.4) is 0 Å². The minimum atomic E-state index is 0.127. The van der Waals surface area contributed by atoms with E-state index in [2.05, 4.69) is 54.0 Å². The summed E-state index contributed by atoms with van der Waals surface area (Å²) in [6, 6.07) is 10.8. The van der Waals surface area contributed by atoms with Crippen LogP contribution in [0.4, 0.5) is 0 Å². The first kappa shape index (κ1) is 13.3. The summed E-state index contributed by atoms with van der Waals surface area (Å²) in [6.45, 7) is 2.98. The molecule has 0 bridgehead atoms. The third-order valence-corrected chi connectivity index (χ3v) is 4.67. The molecule has 3 aromatic rings. The van der Waals surface area contributed by atoms with Gasteiger partial charge in [-0.05, 0) is 36.4 Å². The van der Waals surface area contributed by atoms with Crippen molar-refractivity contribution in [3.8, 4) is 0 Å². The van der Waals surface area contributed by atoms with Crippen LogP contribution < -0.4 is 11.3 Å². The van der Waals surface area contributed by atoms with E-state index in [4.69, 9.17) is 5.84 Å². The highest BCUT2D eigenvalue weighted by molar-refractivity contribution is 7.19. The van der Waals surface area contributed by atoms with E-state index in [0.29, 0.717) is 0 Å². The quantitative estimate of drug-likeness (QED) is 0.560. The number of aryl methyl sites for hydroxylation is 1. The van der Waals surface area contributed by atoms with Gasteiger partial charge in [-0.25, -0.2) is 0 Å². The Bertz CT molecular complexity index is 668. The van der Waals surface area contributed by atoms with Gasteiger partial charge in [0.2, 0.25) is 0 Å². The number of hydrazine groups is 1. The predicted molar refractivity (Wildman–Crippen MR) is 83.5 cm³/mol. The fraction of sp³-hybridized carbons (Fsp3) is 0.267. The number of thiophene rings is 1. The number of hydrogen-bond acceptors (Lipinski definition) is 4. The number of benzene rings is 1. The van der Waals surface area contributed by atoms with E-state index in [-0.39, 0.29) is 6.04 Å². The van der Waals surface area contributed by atoms with Gasteiger partial charge in [0.1, 0.15) is 0 Å². The van der Waals surface area contributed by atoms with Gasteiger partial charge in [-0.15, -0.1) is 11.3 Å². The highest BCUT2D eigenvalue weighted by atomic mass is 32.1. The monoisotopic (exact) mass is 286 g/mol. The van der Waals surface area contributed by atoms with Gasteiger partial charge in [0.25, 0.3) is 0 Å². The molecule has 4 nitrogen and oxygen atoms in total. The standard InChI is InChI=1S/C15H18N4S/c1-2-19-10-11(9-17-19)7-13(18-16)15-8-12-5-3-4-6-14(12)20-15/h3-6,8-10,13,18H,2,7,16H2,1H3. The molecule has 2 aromatic heterocycles. The molecule has 1 aromatic carbocycles. The summed E-state index contributed by atoms with van der Waals surface area (Å²) in [6.07, 6.45) is 4.85. The fourth-order valence-electron chi connectivity index (χ4n) is 2.34. The molecule has 104 valence electrons. The maximum Gasteiger partial charge on any atom is 0.0595 e. The van der Waals surface area contributed by atoms with Gasteiger partial charge in [0, 0.05) is 22.3 Å². The van der Waals surface area contributed by atoms with Crippen LogP contribution in [0.1, 0.15) is 23.4 Å². The van der Waals surface area contributed by atoms with Gasteiger partial charge in [-0.3, -0.25) is 16.0 Å². The van der Waals surface area contributed by atoms with Crippen LogP contribution in [-0.2, 0) is 13.0 Å². The largest absolute Gasteiger partial charge is 0.273 e. The molecule has 0 saturated heterocycles. The van der Waals surface area contributed by atoms with Crippen LogP contribution in [0.25, 0.3) is 10.1 Å². The number of rotatable bonds is 5. The smallest absolute Gasteiger partial charge is 0.0595 e. The number of aromatic nitrogens is 2. The Morgan fingerprint density at radius 1 is 1.40 bits per heavy atom. The zero-order valence-corrected chi connectivity index (χ0v) is 12.2. The van der Waals surface area contributed by atoms with Crippen molar-refractivity contribution in [2.24, 2.45) is 5.84 Å². The first-order valence-corrected chi connectivity index (χ1v) is 7.57. The normalized spacial score (nSPS) is 12.9. The van der Waals surface area contributed by atoms with E-state index in [9.17, 15) is 0 Å². The van der Waals surface area contributed by atoms with Crippen molar-refractivity contribution < 1.29 is 0 Å². The van der Waals surface area contributed by atoms with E-state index in [0.717, 1.165) is 13.0 Å². The van der Waals surface area contributed by atoms with Gasteiger partial charge in [0.05, 0.1) is 12.2 Å². The average molecular weight is 286 g/mol. The van der Waals surface area contributed by atoms with Crippen molar-refractivity contribution >= 4 is 21.4 Å². The second-order valence-electron chi connectivity index (χ2n) is 4.81. The first-order chi connectivity index (χ1) is 9.80. The van der Waals surface area contributed by atoms with E-state index >= 15 is 0 Å². The number of fused-ring (bicyclic) bond motifs is 1. The van der Waals surface area contributed by atoms with Crippen LogP contribution in [0.2, 0.25) is 0 Å². The topological polar surface area (TPSA) is 55.9 Å². The molecule has 0 aliphatic heterocycles. The average Bonchev–Trinajstić information content (AvgIpc) is 3.10.